The summed E-state index contributed by atoms with van der Waals surface area (Å²) in [4.78, 5) is 58.0. The van der Waals surface area contributed by atoms with Gasteiger partial charge in [-0.15, -0.1) is 0 Å². The fourth-order valence-electron chi connectivity index (χ4n) is 6.61. The predicted molar refractivity (Wildman–Crippen MR) is 207 cm³/mol. The smallest absolute Gasteiger partial charge is 0.410 e. The molecule has 53 heavy (non-hydrogen) atoms. The molecule has 0 spiro atoms. The maximum Gasteiger partial charge on any atom is 0.410 e. The molecular formula is C41H55N4O7P. The lowest BCUT2D eigenvalue weighted by molar-refractivity contribution is -0.138. The van der Waals surface area contributed by atoms with E-state index in [9.17, 15) is 19.2 Å². The Labute approximate surface area is 314 Å². The molecule has 0 saturated carbocycles. The number of likely N-dealkylation sites (tertiary alicyclic amines) is 1. The van der Waals surface area contributed by atoms with Crippen LogP contribution in [-0.4, -0.2) is 71.4 Å². The minimum absolute atomic E-state index is 0.0178. The van der Waals surface area contributed by atoms with Gasteiger partial charge >= 0.3 is 6.09 Å². The van der Waals surface area contributed by atoms with Crippen LogP contribution in [0, 0.1) is 5.92 Å². The molecule has 3 aromatic rings. The summed E-state index contributed by atoms with van der Waals surface area (Å²) in [5, 5.41) is 5.90. The van der Waals surface area contributed by atoms with Crippen LogP contribution in [0.4, 0.5) is 10.5 Å². The number of hydrogen-bond donors (Lipinski definition) is 2. The zero-order chi connectivity index (χ0) is 38.2. The van der Waals surface area contributed by atoms with E-state index >= 15 is 4.57 Å². The molecule has 1 aliphatic rings. The Bertz CT molecular complexity index is 1660. The summed E-state index contributed by atoms with van der Waals surface area (Å²) in [6, 6.07) is 26.4. The second kappa shape index (κ2) is 20.7. The van der Waals surface area contributed by atoms with Gasteiger partial charge in [0.1, 0.15) is 30.8 Å². The van der Waals surface area contributed by atoms with Crippen molar-refractivity contribution in [2.75, 3.05) is 25.3 Å². The van der Waals surface area contributed by atoms with E-state index < -0.39 is 43.1 Å². The number of anilines is 1. The molecule has 0 aliphatic carbocycles. The number of ether oxygens (including phenoxy) is 1. The second-order valence-corrected chi connectivity index (χ2v) is 16.7. The van der Waals surface area contributed by atoms with Gasteiger partial charge in [0.15, 0.2) is 0 Å². The molecule has 0 bridgehead atoms. The lowest BCUT2D eigenvalue weighted by Crippen LogP contribution is -2.51. The van der Waals surface area contributed by atoms with Crippen LogP contribution in [0.2, 0.25) is 0 Å². The molecule has 2 N–H and O–H groups in total. The molecule has 1 heterocycles. The molecule has 1 fully saturated rings. The van der Waals surface area contributed by atoms with Crippen molar-refractivity contribution in [2.45, 2.75) is 96.6 Å². The van der Waals surface area contributed by atoms with E-state index in [0.29, 0.717) is 57.2 Å². The minimum Gasteiger partial charge on any atom is -0.445 e. The maximum atomic E-state index is 15.0. The highest BCUT2D eigenvalue weighted by Crippen LogP contribution is 2.53. The third-order valence-corrected chi connectivity index (χ3v) is 12.1. The van der Waals surface area contributed by atoms with Crippen LogP contribution in [-0.2, 0) is 41.2 Å². The largest absolute Gasteiger partial charge is 0.445 e. The number of amides is 4. The molecule has 11 nitrogen and oxygen atoms in total. The summed E-state index contributed by atoms with van der Waals surface area (Å²) < 4.78 is 26.3. The van der Waals surface area contributed by atoms with Gasteiger partial charge in [0, 0.05) is 25.8 Å². The van der Waals surface area contributed by atoms with Crippen molar-refractivity contribution in [2.24, 2.45) is 5.92 Å². The molecule has 0 aromatic heterocycles. The molecule has 1 saturated heterocycles. The normalized spacial score (nSPS) is 16.3. The van der Waals surface area contributed by atoms with Gasteiger partial charge < -0.3 is 24.8 Å². The van der Waals surface area contributed by atoms with Gasteiger partial charge in [0.05, 0.1) is 0 Å². The molecular weight excluding hydrogens is 691 g/mol. The quantitative estimate of drug-likeness (QED) is 0.120. The predicted octanol–water partition coefficient (Wildman–Crippen LogP) is 7.82. The van der Waals surface area contributed by atoms with Crippen molar-refractivity contribution < 1.29 is 33.0 Å². The summed E-state index contributed by atoms with van der Waals surface area (Å²) in [5.74, 6) is -2.13. The van der Waals surface area contributed by atoms with E-state index in [1.54, 1.807) is 12.1 Å². The highest BCUT2D eigenvalue weighted by atomic mass is 31.2. The van der Waals surface area contributed by atoms with Crippen LogP contribution < -0.4 is 10.6 Å². The Morgan fingerprint density at radius 3 is 2.15 bits per heavy atom. The molecule has 2 unspecified atom stereocenters. The fourth-order valence-corrected chi connectivity index (χ4v) is 8.93. The van der Waals surface area contributed by atoms with Gasteiger partial charge in [-0.2, -0.15) is 0 Å². The highest BCUT2D eigenvalue weighted by molar-refractivity contribution is 7.59. The highest BCUT2D eigenvalue weighted by Gasteiger charge is 2.43. The lowest BCUT2D eigenvalue weighted by Gasteiger charge is -2.37. The van der Waals surface area contributed by atoms with Crippen LogP contribution in [0.1, 0.15) is 76.8 Å². The summed E-state index contributed by atoms with van der Waals surface area (Å²) in [6.45, 7) is 6.27. The third-order valence-electron chi connectivity index (χ3n) is 9.43. The number of carbonyl (C=O) groups is 4. The summed E-state index contributed by atoms with van der Waals surface area (Å²) in [6.07, 6.45) is 2.55. The number of benzene rings is 3. The number of nitrogens with one attached hydrogen (secondary N) is 2. The van der Waals surface area contributed by atoms with Gasteiger partial charge in [-0.1, -0.05) is 106 Å². The number of aryl methyl sites for hydroxylation is 1. The van der Waals surface area contributed by atoms with Crippen LogP contribution in [0.5, 0.6) is 0 Å². The second-order valence-electron chi connectivity index (χ2n) is 14.0. The van der Waals surface area contributed by atoms with Crippen LogP contribution in [0.3, 0.4) is 0 Å². The monoisotopic (exact) mass is 746 g/mol. The van der Waals surface area contributed by atoms with Crippen LogP contribution in [0.15, 0.2) is 91.0 Å². The zero-order valence-corrected chi connectivity index (χ0v) is 32.3. The van der Waals surface area contributed by atoms with Crippen molar-refractivity contribution in [1.29, 1.82) is 0 Å². The first-order valence-electron chi connectivity index (χ1n) is 18.7. The molecule has 4 atom stereocenters. The number of nitrogens with zero attached hydrogens (tertiary/aromatic N) is 2. The summed E-state index contributed by atoms with van der Waals surface area (Å²) in [7, 11) is -2.56. The number of hydrogen-bond acceptors (Lipinski definition) is 7. The molecule has 3 aromatic carbocycles. The van der Waals surface area contributed by atoms with Gasteiger partial charge in [-0.25, -0.2) is 4.79 Å². The summed E-state index contributed by atoms with van der Waals surface area (Å²) in [5.41, 5.74) is 2.50. The Balaban J connectivity index is 1.57. The molecule has 0 radical (unpaired) electrons. The maximum absolute atomic E-state index is 15.0. The lowest BCUT2D eigenvalue weighted by atomic mass is 10.0. The van der Waals surface area contributed by atoms with Gasteiger partial charge in [-0.05, 0) is 67.7 Å². The molecule has 4 rings (SSSR count). The Morgan fingerprint density at radius 2 is 1.55 bits per heavy atom. The fraction of sp³-hybridized carbons (Fsp3) is 0.463. The Hall–Kier alpha value is -4.47. The topological polar surface area (TPSA) is 134 Å². The third kappa shape index (κ3) is 12.3. The van der Waals surface area contributed by atoms with E-state index in [2.05, 4.69) is 10.6 Å². The van der Waals surface area contributed by atoms with E-state index in [1.807, 2.05) is 99.6 Å². The summed E-state index contributed by atoms with van der Waals surface area (Å²) >= 11 is 0. The van der Waals surface area contributed by atoms with Crippen molar-refractivity contribution in [3.05, 3.63) is 102 Å². The first kappa shape index (κ1) is 41.3. The van der Waals surface area contributed by atoms with E-state index in [-0.39, 0.29) is 31.1 Å². The van der Waals surface area contributed by atoms with Crippen molar-refractivity contribution in [1.82, 2.24) is 15.1 Å². The average Bonchev–Trinajstić information content (AvgIpc) is 3.67. The van der Waals surface area contributed by atoms with Gasteiger partial charge in [0.2, 0.25) is 25.1 Å². The molecule has 4 amide bonds. The molecule has 1 aliphatic heterocycles. The molecule has 286 valence electrons. The van der Waals surface area contributed by atoms with Gasteiger partial charge in [-0.3, -0.25) is 23.8 Å². The van der Waals surface area contributed by atoms with Crippen molar-refractivity contribution >= 4 is 36.9 Å². The van der Waals surface area contributed by atoms with Crippen LogP contribution in [0.25, 0.3) is 0 Å². The first-order valence-corrected chi connectivity index (χ1v) is 20.5. The van der Waals surface area contributed by atoms with Crippen molar-refractivity contribution in [3.8, 4) is 0 Å². The SMILES string of the molecule is CCCC(NC(=O)[C@@H]1CCCN1C(=O)OCc1ccccc1)P(=O)(CN(C(=O)CCCc1ccccc1)[C@@H](CC(C)C)C(=O)Nc1ccccc1)OC. The van der Waals surface area contributed by atoms with E-state index in [0.717, 1.165) is 11.1 Å². The van der Waals surface area contributed by atoms with E-state index in [1.165, 1.54) is 16.9 Å². The molecule has 12 heteroatoms. The number of carbonyl (C=O) groups excluding carboxylic acids is 4. The first-order chi connectivity index (χ1) is 25.5. The standard InChI is InChI=1S/C41H55N4O7P/c1-5-17-37(43-39(47)35-25-16-27-44(35)41(49)52-29-33-20-11-7-12-21-33)53(50,51-4)30-45(38(46)26-15-22-32-18-9-6-10-19-32)36(28-31(2)3)40(48)42-34-23-13-8-14-24-34/h6-14,18-21,23-24,31,35-37H,5,15-17,22,25-30H2,1-4H3,(H,42,48)(H,43,47)/t35-,36-,37?,53?/m0/s1. The average molecular weight is 747 g/mol. The van der Waals surface area contributed by atoms with Crippen molar-refractivity contribution in [3.63, 3.8) is 0 Å². The Kier molecular flexibility index (Phi) is 16.1. The van der Waals surface area contributed by atoms with E-state index in [4.69, 9.17) is 9.26 Å². The van der Waals surface area contributed by atoms with Crippen LogP contribution >= 0.6 is 7.37 Å². The minimum atomic E-state index is -3.88. The van der Waals surface area contributed by atoms with Gasteiger partial charge in [0.25, 0.3) is 0 Å². The zero-order valence-electron chi connectivity index (χ0n) is 31.4. The number of para-hydroxylation sites is 1. The Morgan fingerprint density at radius 1 is 0.925 bits per heavy atom. The number of rotatable bonds is 19.